The van der Waals surface area contributed by atoms with Crippen molar-refractivity contribution in [1.82, 2.24) is 0 Å². The maximum atomic E-state index is 6.21. The van der Waals surface area contributed by atoms with Crippen LogP contribution in [0.3, 0.4) is 0 Å². The zero-order valence-corrected chi connectivity index (χ0v) is 16.4. The van der Waals surface area contributed by atoms with Gasteiger partial charge in [-0.15, -0.1) is 0 Å². The van der Waals surface area contributed by atoms with Crippen molar-refractivity contribution in [2.45, 2.75) is 52.2 Å². The van der Waals surface area contributed by atoms with Gasteiger partial charge in [-0.3, -0.25) is 0 Å². The Morgan fingerprint density at radius 3 is 2.00 bits per heavy atom. The minimum absolute atomic E-state index is 0.199. The van der Waals surface area contributed by atoms with Crippen molar-refractivity contribution in [3.63, 3.8) is 0 Å². The third kappa shape index (κ3) is 5.17. The van der Waals surface area contributed by atoms with Gasteiger partial charge in [-0.2, -0.15) is 0 Å². The summed E-state index contributed by atoms with van der Waals surface area (Å²) in [7, 11) is -1.73. The molecule has 0 aliphatic carbocycles. The Balaban J connectivity index is 2.58. The van der Waals surface area contributed by atoms with E-state index in [1.807, 2.05) is 12.1 Å². The van der Waals surface area contributed by atoms with Crippen molar-refractivity contribution < 1.29 is 9.16 Å². The second kappa shape index (κ2) is 7.36. The van der Waals surface area contributed by atoms with Crippen LogP contribution in [-0.4, -0.2) is 21.5 Å². The number of aryl methyl sites for hydroxylation is 1. The van der Waals surface area contributed by atoms with Gasteiger partial charge in [0.15, 0.2) is 14.1 Å². The van der Waals surface area contributed by atoms with Crippen molar-refractivity contribution in [2.75, 3.05) is 13.2 Å². The molecule has 0 fully saturated rings. The van der Waals surface area contributed by atoms with Crippen LogP contribution in [0, 0.1) is 0 Å². The average molecular weight is 349 g/mol. The van der Waals surface area contributed by atoms with Crippen LogP contribution in [0.15, 0.2) is 12.1 Å². The Morgan fingerprint density at radius 1 is 1.05 bits per heavy atom. The van der Waals surface area contributed by atoms with Gasteiger partial charge in [0.25, 0.3) is 0 Å². The van der Waals surface area contributed by atoms with Crippen molar-refractivity contribution >= 4 is 31.5 Å². The third-order valence-corrected chi connectivity index (χ3v) is 9.16. The van der Waals surface area contributed by atoms with Crippen LogP contribution in [0.5, 0.6) is 5.75 Å². The molecule has 1 rings (SSSR count). The lowest BCUT2D eigenvalue weighted by molar-refractivity contribution is 0.203. The largest absolute Gasteiger partial charge is 0.488 e. The zero-order valence-electron chi connectivity index (χ0n) is 13.8. The standard InChI is InChI=1S/C16H26Cl2O2Si/c1-7-12-10-13(17)15(14(18)11-12)19-8-9-20-21(5,6)16(2,3)4/h10-11H,7-9H2,1-6H3. The summed E-state index contributed by atoms with van der Waals surface area (Å²) < 4.78 is 11.8. The first kappa shape index (κ1) is 18.8. The van der Waals surface area contributed by atoms with Crippen LogP contribution in [0.4, 0.5) is 0 Å². The molecule has 21 heavy (non-hydrogen) atoms. The number of ether oxygens (including phenoxy) is 1. The van der Waals surface area contributed by atoms with Gasteiger partial charge in [-0.25, -0.2) is 0 Å². The van der Waals surface area contributed by atoms with Crippen molar-refractivity contribution in [3.05, 3.63) is 27.7 Å². The fourth-order valence-electron chi connectivity index (χ4n) is 1.61. The van der Waals surface area contributed by atoms with E-state index in [-0.39, 0.29) is 5.04 Å². The molecule has 120 valence electrons. The van der Waals surface area contributed by atoms with Crippen LogP contribution in [0.2, 0.25) is 28.2 Å². The Kier molecular flexibility index (Phi) is 6.60. The van der Waals surface area contributed by atoms with E-state index in [2.05, 4.69) is 40.8 Å². The maximum absolute atomic E-state index is 6.21. The highest BCUT2D eigenvalue weighted by Crippen LogP contribution is 2.37. The van der Waals surface area contributed by atoms with E-state index in [4.69, 9.17) is 32.4 Å². The van der Waals surface area contributed by atoms with Gasteiger partial charge in [0.1, 0.15) is 6.61 Å². The zero-order chi connectivity index (χ0) is 16.3. The molecule has 1 aromatic carbocycles. The molecule has 1 aromatic rings. The highest BCUT2D eigenvalue weighted by molar-refractivity contribution is 6.74. The summed E-state index contributed by atoms with van der Waals surface area (Å²) in [6, 6.07) is 3.80. The van der Waals surface area contributed by atoms with Crippen molar-refractivity contribution in [3.8, 4) is 5.75 Å². The van der Waals surface area contributed by atoms with E-state index in [1.165, 1.54) is 0 Å². The topological polar surface area (TPSA) is 18.5 Å². The molecule has 0 radical (unpaired) electrons. The van der Waals surface area contributed by atoms with Gasteiger partial charge in [-0.05, 0) is 42.2 Å². The van der Waals surface area contributed by atoms with E-state index in [0.717, 1.165) is 12.0 Å². The molecule has 0 aliphatic rings. The Labute approximate surface area is 139 Å². The van der Waals surface area contributed by atoms with E-state index in [9.17, 15) is 0 Å². The monoisotopic (exact) mass is 348 g/mol. The lowest BCUT2D eigenvalue weighted by atomic mass is 10.2. The highest BCUT2D eigenvalue weighted by atomic mass is 35.5. The highest BCUT2D eigenvalue weighted by Gasteiger charge is 2.36. The van der Waals surface area contributed by atoms with Gasteiger partial charge in [-0.1, -0.05) is 50.9 Å². The van der Waals surface area contributed by atoms with Gasteiger partial charge in [0, 0.05) is 0 Å². The first-order valence-corrected chi connectivity index (χ1v) is 11.0. The van der Waals surface area contributed by atoms with E-state index in [1.54, 1.807) is 0 Å². The van der Waals surface area contributed by atoms with Crippen LogP contribution in [0.25, 0.3) is 0 Å². The summed E-state index contributed by atoms with van der Waals surface area (Å²) in [5, 5.41) is 1.32. The molecule has 0 atom stereocenters. The van der Waals surface area contributed by atoms with E-state index < -0.39 is 8.32 Å². The molecular formula is C16H26Cl2O2Si. The van der Waals surface area contributed by atoms with E-state index in [0.29, 0.717) is 29.0 Å². The average Bonchev–Trinajstić information content (AvgIpc) is 2.35. The summed E-state index contributed by atoms with van der Waals surface area (Å²) in [5.74, 6) is 0.550. The normalized spacial score (nSPS) is 12.6. The first-order valence-electron chi connectivity index (χ1n) is 7.33. The predicted molar refractivity (Wildman–Crippen MR) is 94.5 cm³/mol. The summed E-state index contributed by atoms with van der Waals surface area (Å²) in [6.07, 6.45) is 0.897. The first-order chi connectivity index (χ1) is 9.58. The molecule has 0 amide bonds. The van der Waals surface area contributed by atoms with Crippen molar-refractivity contribution in [1.29, 1.82) is 0 Å². The second-order valence-electron chi connectivity index (χ2n) is 6.70. The van der Waals surface area contributed by atoms with Gasteiger partial charge >= 0.3 is 0 Å². The van der Waals surface area contributed by atoms with E-state index >= 15 is 0 Å². The number of halogens is 2. The molecule has 0 aliphatic heterocycles. The number of hydrogen-bond acceptors (Lipinski definition) is 2. The molecule has 2 nitrogen and oxygen atoms in total. The smallest absolute Gasteiger partial charge is 0.192 e. The molecule has 5 heteroatoms. The predicted octanol–water partition coefficient (Wildman–Crippen LogP) is 5.96. The maximum Gasteiger partial charge on any atom is 0.192 e. The SMILES string of the molecule is CCc1cc(Cl)c(OCCO[Si](C)(C)C(C)(C)C)c(Cl)c1. The quantitative estimate of drug-likeness (QED) is 0.466. The lowest BCUT2D eigenvalue weighted by Crippen LogP contribution is -2.41. The minimum Gasteiger partial charge on any atom is -0.488 e. The van der Waals surface area contributed by atoms with Crippen LogP contribution < -0.4 is 4.74 Å². The molecule has 0 heterocycles. The molecular weight excluding hydrogens is 323 g/mol. The molecule has 0 aromatic heterocycles. The fourth-order valence-corrected chi connectivity index (χ4v) is 3.28. The molecule has 0 N–H and O–H groups in total. The van der Waals surface area contributed by atoms with Gasteiger partial charge < -0.3 is 9.16 Å². The minimum atomic E-state index is -1.73. The lowest BCUT2D eigenvalue weighted by Gasteiger charge is -2.36. The van der Waals surface area contributed by atoms with Crippen molar-refractivity contribution in [2.24, 2.45) is 0 Å². The Hall–Kier alpha value is -0.223. The molecule has 0 saturated carbocycles. The summed E-state index contributed by atoms with van der Waals surface area (Å²) >= 11 is 12.4. The van der Waals surface area contributed by atoms with Crippen LogP contribution in [-0.2, 0) is 10.8 Å². The van der Waals surface area contributed by atoms with Gasteiger partial charge in [0.05, 0.1) is 16.7 Å². The fraction of sp³-hybridized carbons (Fsp3) is 0.625. The van der Waals surface area contributed by atoms with Crippen LogP contribution in [0.1, 0.15) is 33.3 Å². The van der Waals surface area contributed by atoms with Gasteiger partial charge in [0.2, 0.25) is 0 Å². The summed E-state index contributed by atoms with van der Waals surface area (Å²) in [5.41, 5.74) is 1.11. The molecule has 0 spiro atoms. The number of rotatable bonds is 6. The number of benzene rings is 1. The summed E-state index contributed by atoms with van der Waals surface area (Å²) in [6.45, 7) is 14.2. The second-order valence-corrected chi connectivity index (χ2v) is 12.3. The third-order valence-electron chi connectivity index (χ3n) is 4.07. The molecule has 0 bridgehead atoms. The summed E-state index contributed by atoms with van der Waals surface area (Å²) in [4.78, 5) is 0. The van der Waals surface area contributed by atoms with Crippen LogP contribution >= 0.6 is 23.2 Å². The Morgan fingerprint density at radius 2 is 1.57 bits per heavy atom. The number of hydrogen-bond donors (Lipinski definition) is 0. The molecule has 0 unspecified atom stereocenters. The molecule has 0 saturated heterocycles. The Bertz CT molecular complexity index is 459.